The Morgan fingerprint density at radius 2 is 2.03 bits per heavy atom. The molecule has 1 amide bonds. The lowest BCUT2D eigenvalue weighted by atomic mass is 9.94. The molecule has 0 unspecified atom stereocenters. The van der Waals surface area contributed by atoms with E-state index in [1.165, 1.54) is 30.2 Å². The number of hydrogen-bond acceptors (Lipinski definition) is 7. The lowest BCUT2D eigenvalue weighted by molar-refractivity contribution is 0.0831. The van der Waals surface area contributed by atoms with E-state index in [9.17, 15) is 9.18 Å². The first-order chi connectivity index (χ1) is 16.4. The van der Waals surface area contributed by atoms with Gasteiger partial charge in [-0.2, -0.15) is 0 Å². The number of nitrogens with zero attached hydrogens (tertiary/aromatic N) is 4. The number of thiophene rings is 1. The van der Waals surface area contributed by atoms with Crippen LogP contribution in [0.4, 0.5) is 21.7 Å². The summed E-state index contributed by atoms with van der Waals surface area (Å²) in [5.74, 6) is 0.682. The lowest BCUT2D eigenvalue weighted by Crippen LogP contribution is -2.49. The number of halogens is 1. The monoisotopic (exact) mass is 482 g/mol. The van der Waals surface area contributed by atoms with Gasteiger partial charge in [0, 0.05) is 57.4 Å². The highest BCUT2D eigenvalue weighted by molar-refractivity contribution is 7.21. The SMILES string of the molecule is C[C@H]1CN(c2cnc(Nc3cc4c(C5CCCC5)c(C(=O)N(C)C)sc4cn3)c(F)c2)CCN1. The average Bonchev–Trinajstić information content (AvgIpc) is 3.47. The Morgan fingerprint density at radius 3 is 2.74 bits per heavy atom. The lowest BCUT2D eigenvalue weighted by Gasteiger charge is -2.33. The topological polar surface area (TPSA) is 73.4 Å². The molecule has 7 nitrogen and oxygen atoms in total. The van der Waals surface area contributed by atoms with E-state index in [2.05, 4.69) is 32.4 Å². The van der Waals surface area contributed by atoms with Crippen molar-refractivity contribution >= 4 is 44.7 Å². The maximum absolute atomic E-state index is 15.0. The van der Waals surface area contributed by atoms with Crippen LogP contribution in [0.2, 0.25) is 0 Å². The standard InChI is InChI=1S/C25H31FN6OS/c1-15-14-32(9-8-27-15)17-10-19(26)24(29-12-17)30-21-11-18-20(13-28-21)34-23(25(33)31(2)3)22(18)16-6-4-5-7-16/h10-13,15-16,27H,4-9,14H2,1-3H3,(H,28,29,30)/t15-/m0/s1. The van der Waals surface area contributed by atoms with Gasteiger partial charge in [0.1, 0.15) is 5.82 Å². The van der Waals surface area contributed by atoms with Gasteiger partial charge in [0.25, 0.3) is 5.91 Å². The third-order valence-corrected chi connectivity index (χ3v) is 7.93. The zero-order valence-corrected chi connectivity index (χ0v) is 20.7. The largest absolute Gasteiger partial charge is 0.367 e. The molecule has 4 heterocycles. The summed E-state index contributed by atoms with van der Waals surface area (Å²) in [5, 5.41) is 7.49. The van der Waals surface area contributed by atoms with Crippen LogP contribution in [0.1, 0.15) is 53.8 Å². The number of fused-ring (bicyclic) bond motifs is 1. The predicted octanol–water partition coefficient (Wildman–Crippen LogP) is 4.73. The molecule has 1 aliphatic carbocycles. The van der Waals surface area contributed by atoms with E-state index in [1.54, 1.807) is 31.4 Å². The fourth-order valence-corrected chi connectivity index (χ4v) is 6.31. The van der Waals surface area contributed by atoms with Crippen molar-refractivity contribution in [3.8, 4) is 0 Å². The van der Waals surface area contributed by atoms with Gasteiger partial charge in [-0.3, -0.25) is 4.79 Å². The fourth-order valence-electron chi connectivity index (χ4n) is 5.05. The minimum absolute atomic E-state index is 0.0307. The van der Waals surface area contributed by atoms with Crippen LogP contribution in [0.3, 0.4) is 0 Å². The number of carbonyl (C=O) groups is 1. The Bertz CT molecular complexity index is 1210. The summed E-state index contributed by atoms with van der Waals surface area (Å²) in [5.41, 5.74) is 1.91. The third-order valence-electron chi connectivity index (χ3n) is 6.79. The molecular formula is C25H31FN6OS. The quantitative estimate of drug-likeness (QED) is 0.548. The Labute approximate surface area is 203 Å². The number of nitrogens with one attached hydrogen (secondary N) is 2. The first-order valence-corrected chi connectivity index (χ1v) is 12.8. The summed E-state index contributed by atoms with van der Waals surface area (Å²) in [6.45, 7) is 4.64. The molecule has 3 aromatic heterocycles. The smallest absolute Gasteiger partial charge is 0.263 e. The highest BCUT2D eigenvalue weighted by atomic mass is 32.1. The zero-order chi connectivity index (χ0) is 23.8. The van der Waals surface area contributed by atoms with Crippen molar-refractivity contribution in [2.24, 2.45) is 0 Å². The van der Waals surface area contributed by atoms with Gasteiger partial charge in [0.05, 0.1) is 21.5 Å². The molecule has 0 aromatic carbocycles. The van der Waals surface area contributed by atoms with E-state index in [0.717, 1.165) is 58.7 Å². The van der Waals surface area contributed by atoms with Gasteiger partial charge in [-0.05, 0) is 37.3 Å². The minimum atomic E-state index is -0.407. The van der Waals surface area contributed by atoms with Crippen LogP contribution >= 0.6 is 11.3 Å². The van der Waals surface area contributed by atoms with Crippen LogP contribution in [0.25, 0.3) is 10.1 Å². The van der Waals surface area contributed by atoms with Gasteiger partial charge >= 0.3 is 0 Å². The summed E-state index contributed by atoms with van der Waals surface area (Å²) in [6, 6.07) is 3.84. The van der Waals surface area contributed by atoms with E-state index in [0.29, 0.717) is 17.8 Å². The molecule has 5 rings (SSSR count). The second-order valence-corrected chi connectivity index (χ2v) is 10.6. The van der Waals surface area contributed by atoms with Crippen LogP contribution in [-0.4, -0.2) is 60.5 Å². The first kappa shape index (κ1) is 23.0. The number of piperazine rings is 1. The van der Waals surface area contributed by atoms with E-state index < -0.39 is 5.82 Å². The van der Waals surface area contributed by atoms with E-state index >= 15 is 0 Å². The molecule has 9 heteroatoms. The normalized spacial score (nSPS) is 19.1. The summed E-state index contributed by atoms with van der Waals surface area (Å²) >= 11 is 1.50. The Hall–Kier alpha value is -2.78. The van der Waals surface area contributed by atoms with Crippen LogP contribution in [0, 0.1) is 5.82 Å². The highest BCUT2D eigenvalue weighted by Gasteiger charge is 2.28. The van der Waals surface area contributed by atoms with Gasteiger partial charge in [0.15, 0.2) is 11.6 Å². The Morgan fingerprint density at radius 1 is 1.24 bits per heavy atom. The highest BCUT2D eigenvalue weighted by Crippen LogP contribution is 2.44. The molecule has 1 aliphatic heterocycles. The van der Waals surface area contributed by atoms with Gasteiger partial charge in [-0.1, -0.05) is 12.8 Å². The second kappa shape index (κ2) is 9.46. The molecule has 180 valence electrons. The van der Waals surface area contributed by atoms with Gasteiger partial charge in [0.2, 0.25) is 0 Å². The second-order valence-electron chi connectivity index (χ2n) is 9.54. The third kappa shape index (κ3) is 4.46. The maximum Gasteiger partial charge on any atom is 0.263 e. The molecule has 1 atom stereocenters. The summed E-state index contributed by atoms with van der Waals surface area (Å²) < 4.78 is 16.0. The number of pyridine rings is 2. The van der Waals surface area contributed by atoms with E-state index in [4.69, 9.17) is 0 Å². The summed E-state index contributed by atoms with van der Waals surface area (Å²) in [4.78, 5) is 26.4. The molecule has 3 aromatic rings. The van der Waals surface area contributed by atoms with Crippen LogP contribution in [0.15, 0.2) is 24.5 Å². The van der Waals surface area contributed by atoms with Crippen LogP contribution < -0.4 is 15.5 Å². The van der Waals surface area contributed by atoms with Crippen molar-refractivity contribution in [1.29, 1.82) is 0 Å². The molecule has 1 saturated heterocycles. The van der Waals surface area contributed by atoms with Crippen molar-refractivity contribution in [2.75, 3.05) is 43.9 Å². The van der Waals surface area contributed by atoms with E-state index in [-0.39, 0.29) is 11.7 Å². The summed E-state index contributed by atoms with van der Waals surface area (Å²) in [6.07, 6.45) is 8.04. The van der Waals surface area contributed by atoms with Crippen molar-refractivity contribution in [3.63, 3.8) is 0 Å². The average molecular weight is 483 g/mol. The number of rotatable bonds is 5. The number of aromatic nitrogens is 2. The Kier molecular flexibility index (Phi) is 6.40. The van der Waals surface area contributed by atoms with Gasteiger partial charge in [-0.25, -0.2) is 14.4 Å². The molecule has 0 bridgehead atoms. The molecule has 0 spiro atoms. The van der Waals surface area contributed by atoms with Crippen molar-refractivity contribution in [2.45, 2.75) is 44.6 Å². The van der Waals surface area contributed by atoms with E-state index in [1.807, 2.05) is 6.07 Å². The number of amides is 1. The maximum atomic E-state index is 15.0. The predicted molar refractivity (Wildman–Crippen MR) is 136 cm³/mol. The van der Waals surface area contributed by atoms with Crippen molar-refractivity contribution in [1.82, 2.24) is 20.2 Å². The molecule has 2 fully saturated rings. The minimum Gasteiger partial charge on any atom is -0.367 e. The Balaban J connectivity index is 1.45. The molecule has 2 aliphatic rings. The fraction of sp³-hybridized carbons (Fsp3) is 0.480. The number of hydrogen-bond donors (Lipinski definition) is 2. The van der Waals surface area contributed by atoms with Gasteiger partial charge in [-0.15, -0.1) is 11.3 Å². The number of anilines is 3. The van der Waals surface area contributed by atoms with Gasteiger partial charge < -0.3 is 20.4 Å². The number of carbonyl (C=O) groups excluding carboxylic acids is 1. The van der Waals surface area contributed by atoms with Crippen molar-refractivity contribution < 1.29 is 9.18 Å². The first-order valence-electron chi connectivity index (χ1n) is 12.0. The molecule has 2 N–H and O–H groups in total. The molecule has 1 saturated carbocycles. The molecular weight excluding hydrogens is 451 g/mol. The molecule has 0 radical (unpaired) electrons. The zero-order valence-electron chi connectivity index (χ0n) is 19.9. The molecule has 34 heavy (non-hydrogen) atoms. The van der Waals surface area contributed by atoms with Crippen LogP contribution in [0.5, 0.6) is 0 Å². The van der Waals surface area contributed by atoms with Crippen LogP contribution in [-0.2, 0) is 0 Å². The van der Waals surface area contributed by atoms with Crippen molar-refractivity contribution in [3.05, 3.63) is 40.8 Å². The summed E-state index contributed by atoms with van der Waals surface area (Å²) in [7, 11) is 3.57.